The van der Waals surface area contributed by atoms with Gasteiger partial charge in [-0.25, -0.2) is 25.8 Å². The Bertz CT molecular complexity index is 3300. The third-order valence-corrected chi connectivity index (χ3v) is 18.1. The van der Waals surface area contributed by atoms with E-state index >= 15 is 4.39 Å². The lowest BCUT2D eigenvalue weighted by Gasteiger charge is -2.37. The van der Waals surface area contributed by atoms with Gasteiger partial charge in [0, 0.05) is 101 Å². The van der Waals surface area contributed by atoms with Crippen LogP contribution in [0.15, 0.2) is 130 Å². The highest BCUT2D eigenvalue weighted by Gasteiger charge is 2.32. The number of rotatable bonds is 20. The number of benzene rings is 5. The summed E-state index contributed by atoms with van der Waals surface area (Å²) in [6.45, 7) is 11.9. The van der Waals surface area contributed by atoms with Crippen molar-refractivity contribution >= 4 is 79.7 Å². The topological polar surface area (TPSA) is 203 Å². The van der Waals surface area contributed by atoms with Crippen LogP contribution in [0.3, 0.4) is 0 Å². The standard InChI is InChI=1S/C54H64ClFN7O9PS3/c1-36(2)63-38(4)53(75(5,68)69)51(52(63)39-11-13-42(55)14-12-39)41-32-43(56)34-47(33-41)62-29-27-61(28-30-62)46-17-15-44(16-18-46)58-76(70,71)49-19-20-50(37(3)31-49)57-45(35-74-48-9-7-6-8-10-48)23-26-60-24-21-40(22-25-60)54(64)72-59-73(65,66)67/h6-20,31-34,36,40,45,57-58H,21-30,35H2,1-5H3,(H3,59,65,66,67)/t45-/m1/s1. The van der Waals surface area contributed by atoms with Crippen LogP contribution in [-0.4, -0.2) is 106 Å². The minimum absolute atomic E-state index is 0.000259. The molecule has 0 aliphatic carbocycles. The fourth-order valence-corrected chi connectivity index (χ4v) is 13.7. The highest BCUT2D eigenvalue weighted by molar-refractivity contribution is 7.99. The molecule has 1 aromatic heterocycles. The highest BCUT2D eigenvalue weighted by atomic mass is 35.5. The summed E-state index contributed by atoms with van der Waals surface area (Å²) >= 11 is 7.98. The Morgan fingerprint density at radius 3 is 2.08 bits per heavy atom. The smallest absolute Gasteiger partial charge is 0.381 e. The van der Waals surface area contributed by atoms with Crippen molar-refractivity contribution < 1.29 is 45.2 Å². The number of piperidine rings is 1. The Morgan fingerprint density at radius 1 is 0.829 bits per heavy atom. The van der Waals surface area contributed by atoms with E-state index in [1.54, 1.807) is 61.2 Å². The van der Waals surface area contributed by atoms with Gasteiger partial charge in [0.2, 0.25) is 0 Å². The number of sulfonamides is 1. The van der Waals surface area contributed by atoms with Crippen LogP contribution in [0.4, 0.5) is 27.1 Å². The molecule has 8 rings (SSSR count). The van der Waals surface area contributed by atoms with E-state index in [-0.39, 0.29) is 21.9 Å². The van der Waals surface area contributed by atoms with Gasteiger partial charge in [-0.1, -0.05) is 47.2 Å². The minimum Gasteiger partial charge on any atom is -0.381 e. The lowest BCUT2D eigenvalue weighted by molar-refractivity contribution is -0.154. The molecule has 0 bridgehead atoms. The largest absolute Gasteiger partial charge is 0.433 e. The summed E-state index contributed by atoms with van der Waals surface area (Å²) in [5.74, 6) is -0.910. The molecule has 0 amide bonds. The van der Waals surface area contributed by atoms with Gasteiger partial charge in [0.25, 0.3) is 10.0 Å². The molecule has 2 aliphatic rings. The van der Waals surface area contributed by atoms with Crippen molar-refractivity contribution in [3.8, 4) is 22.4 Å². The van der Waals surface area contributed by atoms with Gasteiger partial charge in [-0.05, 0) is 162 Å². The second-order valence-corrected chi connectivity index (χ2v) is 26.0. The number of piperazine rings is 1. The molecular formula is C54H64ClFN7O9PS3. The summed E-state index contributed by atoms with van der Waals surface area (Å²) in [5.41, 5.74) is 6.40. The molecule has 76 heavy (non-hydrogen) atoms. The van der Waals surface area contributed by atoms with Gasteiger partial charge in [0.15, 0.2) is 9.84 Å². The number of anilines is 4. The van der Waals surface area contributed by atoms with Crippen LogP contribution in [-0.2, 0) is 34.1 Å². The van der Waals surface area contributed by atoms with E-state index in [4.69, 9.17) is 21.4 Å². The van der Waals surface area contributed by atoms with Crippen molar-refractivity contribution in [3.05, 3.63) is 137 Å². The van der Waals surface area contributed by atoms with E-state index in [1.165, 1.54) is 23.6 Å². The van der Waals surface area contributed by atoms with Crippen LogP contribution in [0.25, 0.3) is 22.4 Å². The van der Waals surface area contributed by atoms with Gasteiger partial charge >= 0.3 is 13.7 Å². The number of halogens is 2. The molecule has 6 aromatic rings. The third kappa shape index (κ3) is 14.2. The average molecular weight is 1140 g/mol. The molecule has 5 N–H and O–H groups in total. The van der Waals surface area contributed by atoms with Gasteiger partial charge in [0.05, 0.1) is 21.4 Å². The van der Waals surface area contributed by atoms with Gasteiger partial charge in [-0.15, -0.1) is 11.8 Å². The number of likely N-dealkylation sites (tertiary alicyclic amines) is 1. The number of hydrogen-bond donors (Lipinski definition) is 5. The number of nitrogens with zero attached hydrogens (tertiary/aromatic N) is 4. The summed E-state index contributed by atoms with van der Waals surface area (Å²) in [7, 11) is -12.4. The molecule has 0 spiro atoms. The lowest BCUT2D eigenvalue weighted by Crippen LogP contribution is -2.46. The minimum atomic E-state index is -4.69. The molecule has 2 aliphatic heterocycles. The van der Waals surface area contributed by atoms with Crippen LogP contribution in [0.1, 0.15) is 50.4 Å². The second kappa shape index (κ2) is 24.1. The number of sulfone groups is 1. The highest BCUT2D eigenvalue weighted by Crippen LogP contribution is 2.45. The first-order valence-corrected chi connectivity index (χ1v) is 31.3. The Labute approximate surface area is 454 Å². The fraction of sp³-hybridized carbons (Fsp3) is 0.352. The number of nitrogens with one attached hydrogen (secondary N) is 3. The van der Waals surface area contributed by atoms with E-state index < -0.39 is 45.3 Å². The van der Waals surface area contributed by atoms with Gasteiger partial charge in [-0.2, -0.15) is 0 Å². The first kappa shape index (κ1) is 56.8. The van der Waals surface area contributed by atoms with Gasteiger partial charge in [0.1, 0.15) is 5.82 Å². The van der Waals surface area contributed by atoms with Crippen LogP contribution in [0.5, 0.6) is 0 Å². The number of carbonyl (C=O) groups is 1. The number of aryl methyl sites for hydroxylation is 1. The molecule has 406 valence electrons. The number of aromatic nitrogens is 1. The second-order valence-electron chi connectivity index (χ2n) is 19.6. The molecule has 2 fully saturated rings. The Balaban J connectivity index is 0.898. The molecule has 0 unspecified atom stereocenters. The maximum absolute atomic E-state index is 15.8. The summed E-state index contributed by atoms with van der Waals surface area (Å²) in [6, 6.07) is 34.1. The normalized spacial score (nSPS) is 15.5. The zero-order valence-corrected chi connectivity index (χ0v) is 47.0. The maximum atomic E-state index is 15.8. The molecule has 2 saturated heterocycles. The Morgan fingerprint density at radius 2 is 1.47 bits per heavy atom. The van der Waals surface area contributed by atoms with Crippen LogP contribution in [0.2, 0.25) is 5.02 Å². The van der Waals surface area contributed by atoms with Gasteiger partial charge in [-0.3, -0.25) is 9.52 Å². The lowest BCUT2D eigenvalue weighted by atomic mass is 9.97. The molecule has 16 nitrogen and oxygen atoms in total. The summed E-state index contributed by atoms with van der Waals surface area (Å²) in [4.78, 5) is 42.8. The third-order valence-electron chi connectivity index (χ3n) is 13.7. The molecule has 22 heteroatoms. The van der Waals surface area contributed by atoms with Crippen molar-refractivity contribution in [2.45, 2.75) is 73.7 Å². The first-order chi connectivity index (χ1) is 36.0. The molecular weight excluding hydrogens is 1070 g/mol. The van der Waals surface area contributed by atoms with E-state index in [1.807, 2.05) is 73.9 Å². The van der Waals surface area contributed by atoms with Crippen molar-refractivity contribution in [2.24, 2.45) is 5.92 Å². The Hall–Kier alpha value is -5.41. The van der Waals surface area contributed by atoms with Crippen molar-refractivity contribution in [1.82, 2.24) is 14.7 Å². The maximum Gasteiger partial charge on any atom is 0.433 e. The number of thioether (sulfide) groups is 1. The average Bonchev–Trinajstić information content (AvgIpc) is 3.79. The zero-order chi connectivity index (χ0) is 54.5. The number of carbonyl (C=O) groups excluding carboxylic acids is 1. The Kier molecular flexibility index (Phi) is 18.0. The van der Waals surface area contributed by atoms with Crippen molar-refractivity contribution in [1.29, 1.82) is 0 Å². The zero-order valence-electron chi connectivity index (χ0n) is 42.9. The summed E-state index contributed by atoms with van der Waals surface area (Å²) in [5, 5.41) is 5.71. The summed E-state index contributed by atoms with van der Waals surface area (Å²) in [6.07, 6.45) is 2.93. The van der Waals surface area contributed by atoms with Crippen LogP contribution < -0.4 is 25.1 Å². The molecule has 5 aromatic carbocycles. The molecule has 1 atom stereocenters. The molecule has 3 heterocycles. The predicted octanol–water partition coefficient (Wildman–Crippen LogP) is 10.2. The monoisotopic (exact) mass is 1140 g/mol. The fourth-order valence-electron chi connectivity index (χ4n) is 10.0. The molecule has 0 radical (unpaired) electrons. The van der Waals surface area contributed by atoms with Gasteiger partial charge < -0.3 is 39.2 Å². The van der Waals surface area contributed by atoms with E-state index in [0.717, 1.165) is 46.1 Å². The first-order valence-electron chi connectivity index (χ1n) is 25.0. The van der Waals surface area contributed by atoms with E-state index in [2.05, 4.69) is 41.7 Å². The van der Waals surface area contributed by atoms with Crippen molar-refractivity contribution in [2.75, 3.05) is 77.7 Å². The summed E-state index contributed by atoms with van der Waals surface area (Å²) < 4.78 is 86.2. The SMILES string of the molecule is Cc1cc(S(=O)(=O)Nc2ccc(N3CCN(c4cc(F)cc(-c5c(S(C)(=O)=O)c(C)n(C(C)C)c5-c5ccc(Cl)cc5)c4)CC3)cc2)ccc1N[C@H](CCN1CCC(C(=O)ONP(=O)(O)O)CC1)CSc1ccccc1. The van der Waals surface area contributed by atoms with E-state index in [0.29, 0.717) is 91.0 Å². The van der Waals surface area contributed by atoms with Crippen LogP contribution in [0, 0.1) is 25.6 Å². The molecule has 0 saturated carbocycles. The number of hydrogen-bond acceptors (Lipinski definition) is 12. The van der Waals surface area contributed by atoms with Crippen molar-refractivity contribution in [3.63, 3.8) is 0 Å². The van der Waals surface area contributed by atoms with E-state index in [9.17, 15) is 26.2 Å². The quantitative estimate of drug-likeness (QED) is 0.0274. The van der Waals surface area contributed by atoms with Crippen LogP contribution >= 0.6 is 31.1 Å². The predicted molar refractivity (Wildman–Crippen MR) is 301 cm³/mol.